The molecular formula is C22H20FN7O4. The number of fused-ring (bicyclic) bond motifs is 1. The molecule has 3 amide bonds. The Morgan fingerprint density at radius 3 is 2.59 bits per heavy atom. The number of ether oxygens (including phenoxy) is 2. The molecule has 5 rings (SSSR count). The molecule has 0 radical (unpaired) electrons. The lowest BCUT2D eigenvalue weighted by atomic mass is 9.91. The number of hydrogen-bond donors (Lipinski definition) is 3. The van der Waals surface area contributed by atoms with E-state index in [9.17, 15) is 14.0 Å². The highest BCUT2D eigenvalue weighted by molar-refractivity contribution is 6.07. The van der Waals surface area contributed by atoms with Crippen LogP contribution < -0.4 is 25.8 Å². The molecule has 1 atom stereocenters. The predicted molar refractivity (Wildman–Crippen MR) is 118 cm³/mol. The van der Waals surface area contributed by atoms with Crippen molar-refractivity contribution in [2.45, 2.75) is 19.0 Å². The fourth-order valence-electron chi connectivity index (χ4n) is 3.76. The van der Waals surface area contributed by atoms with Gasteiger partial charge in [-0.3, -0.25) is 9.69 Å². The van der Waals surface area contributed by atoms with Gasteiger partial charge in [0.05, 0.1) is 6.54 Å². The van der Waals surface area contributed by atoms with Crippen molar-refractivity contribution in [3.63, 3.8) is 0 Å². The fourth-order valence-corrected chi connectivity index (χ4v) is 3.76. The Labute approximate surface area is 193 Å². The maximum atomic E-state index is 13.3. The van der Waals surface area contributed by atoms with Gasteiger partial charge >= 0.3 is 6.03 Å². The fraction of sp³-hybridized carbons (Fsp3) is 0.227. The molecule has 34 heavy (non-hydrogen) atoms. The van der Waals surface area contributed by atoms with Crippen LogP contribution in [0, 0.1) is 5.82 Å². The normalized spacial score (nSPS) is 19.2. The molecular weight excluding hydrogens is 445 g/mol. The van der Waals surface area contributed by atoms with E-state index in [1.165, 1.54) is 24.3 Å². The van der Waals surface area contributed by atoms with E-state index < -0.39 is 17.5 Å². The number of imide groups is 1. The van der Waals surface area contributed by atoms with Crippen LogP contribution in [0.2, 0.25) is 0 Å². The Kier molecular flexibility index (Phi) is 5.11. The van der Waals surface area contributed by atoms with E-state index in [1.807, 2.05) is 0 Å². The van der Waals surface area contributed by atoms with Crippen LogP contribution in [0.25, 0.3) is 0 Å². The van der Waals surface area contributed by atoms with E-state index >= 15 is 0 Å². The molecule has 1 saturated heterocycles. The number of hydrogen-bond acceptors (Lipinski definition) is 9. The number of carbonyl (C=O) groups is 2. The smallest absolute Gasteiger partial charge is 0.325 e. The van der Waals surface area contributed by atoms with Gasteiger partial charge in [-0.25, -0.2) is 9.18 Å². The molecule has 0 saturated carbocycles. The number of nitrogens with two attached hydrogens (primary N) is 1. The first-order chi connectivity index (χ1) is 16.3. The second kappa shape index (κ2) is 8.14. The van der Waals surface area contributed by atoms with E-state index in [0.29, 0.717) is 36.0 Å². The van der Waals surface area contributed by atoms with Gasteiger partial charge < -0.3 is 25.8 Å². The van der Waals surface area contributed by atoms with Crippen molar-refractivity contribution in [2.24, 2.45) is 0 Å². The standard InChI is InChI=1S/C22H20FN7O4/c1-22(12-2-7-15-16(10-12)34-9-8-33-15)18(31)30(21(32)29-22)11-17-26-19(24)28-20(27-17)25-14-5-3-13(23)4-6-14/h2-7,10H,8-9,11H2,1H3,(H,29,32)(H3,24,25,26,27,28). The second-order valence-corrected chi connectivity index (χ2v) is 7.87. The summed E-state index contributed by atoms with van der Waals surface area (Å²) in [5.41, 5.74) is 5.55. The first-order valence-electron chi connectivity index (χ1n) is 10.4. The Balaban J connectivity index is 1.38. The molecule has 3 heterocycles. The first-order valence-corrected chi connectivity index (χ1v) is 10.4. The summed E-state index contributed by atoms with van der Waals surface area (Å²) in [6.45, 7) is 2.23. The van der Waals surface area contributed by atoms with Crippen LogP contribution in [0.15, 0.2) is 42.5 Å². The van der Waals surface area contributed by atoms with Gasteiger partial charge in [-0.05, 0) is 48.9 Å². The zero-order valence-corrected chi connectivity index (χ0v) is 18.0. The lowest BCUT2D eigenvalue weighted by Gasteiger charge is -2.25. The van der Waals surface area contributed by atoms with Crippen LogP contribution >= 0.6 is 0 Å². The summed E-state index contributed by atoms with van der Waals surface area (Å²) >= 11 is 0. The van der Waals surface area contributed by atoms with Crippen LogP contribution in [0.5, 0.6) is 11.5 Å². The molecule has 12 heteroatoms. The van der Waals surface area contributed by atoms with Gasteiger partial charge in [0.15, 0.2) is 17.3 Å². The lowest BCUT2D eigenvalue weighted by molar-refractivity contribution is -0.131. The third kappa shape index (κ3) is 3.89. The summed E-state index contributed by atoms with van der Waals surface area (Å²) in [4.78, 5) is 39.4. The predicted octanol–water partition coefficient (Wildman–Crippen LogP) is 2.07. The van der Waals surface area contributed by atoms with Gasteiger partial charge in [0, 0.05) is 5.69 Å². The molecule has 0 aliphatic carbocycles. The van der Waals surface area contributed by atoms with Crippen LogP contribution in [0.3, 0.4) is 0 Å². The number of nitrogens with one attached hydrogen (secondary N) is 2. The van der Waals surface area contributed by atoms with Crippen molar-refractivity contribution in [1.82, 2.24) is 25.2 Å². The van der Waals surface area contributed by atoms with Crippen molar-refractivity contribution in [3.05, 3.63) is 59.7 Å². The lowest BCUT2D eigenvalue weighted by Crippen LogP contribution is -2.41. The molecule has 0 bridgehead atoms. The summed E-state index contributed by atoms with van der Waals surface area (Å²) in [5.74, 6) is 0.308. The summed E-state index contributed by atoms with van der Waals surface area (Å²) in [5, 5.41) is 5.63. The van der Waals surface area contributed by atoms with E-state index in [0.717, 1.165) is 4.90 Å². The zero-order chi connectivity index (χ0) is 23.9. The van der Waals surface area contributed by atoms with Gasteiger partial charge in [0.1, 0.15) is 24.6 Å². The van der Waals surface area contributed by atoms with Crippen LogP contribution in [-0.4, -0.2) is 45.0 Å². The molecule has 2 aliphatic rings. The maximum Gasteiger partial charge on any atom is 0.325 e. The first kappa shape index (κ1) is 21.4. The van der Waals surface area contributed by atoms with E-state index in [2.05, 4.69) is 25.6 Å². The number of anilines is 3. The number of carbonyl (C=O) groups excluding carboxylic acids is 2. The monoisotopic (exact) mass is 465 g/mol. The second-order valence-electron chi connectivity index (χ2n) is 7.87. The highest BCUT2D eigenvalue weighted by Gasteiger charge is 2.49. The van der Waals surface area contributed by atoms with Gasteiger partial charge in [-0.1, -0.05) is 6.07 Å². The van der Waals surface area contributed by atoms with Gasteiger partial charge in [-0.15, -0.1) is 0 Å². The quantitative estimate of drug-likeness (QED) is 0.482. The molecule has 2 aliphatic heterocycles. The number of rotatable bonds is 5. The molecule has 2 aromatic carbocycles. The van der Waals surface area contributed by atoms with Gasteiger partial charge in [0.25, 0.3) is 5.91 Å². The average molecular weight is 465 g/mol. The van der Waals surface area contributed by atoms with Crippen LogP contribution in [0.4, 0.5) is 26.8 Å². The highest BCUT2D eigenvalue weighted by atomic mass is 19.1. The molecule has 3 aromatic rings. The van der Waals surface area contributed by atoms with Gasteiger partial charge in [0.2, 0.25) is 11.9 Å². The number of benzene rings is 2. The van der Waals surface area contributed by atoms with E-state index in [4.69, 9.17) is 15.2 Å². The van der Waals surface area contributed by atoms with Crippen molar-refractivity contribution in [2.75, 3.05) is 24.3 Å². The Morgan fingerprint density at radius 2 is 1.82 bits per heavy atom. The summed E-state index contributed by atoms with van der Waals surface area (Å²) < 4.78 is 24.3. The van der Waals surface area contributed by atoms with Crippen molar-refractivity contribution in [3.8, 4) is 11.5 Å². The number of halogens is 1. The van der Waals surface area contributed by atoms with E-state index in [1.54, 1.807) is 25.1 Å². The third-order valence-corrected chi connectivity index (χ3v) is 5.49. The van der Waals surface area contributed by atoms with Crippen LogP contribution in [0.1, 0.15) is 18.3 Å². The van der Waals surface area contributed by atoms with Crippen LogP contribution in [-0.2, 0) is 16.9 Å². The molecule has 1 unspecified atom stereocenters. The van der Waals surface area contributed by atoms with E-state index in [-0.39, 0.29) is 30.1 Å². The van der Waals surface area contributed by atoms with Gasteiger partial charge in [-0.2, -0.15) is 15.0 Å². The molecule has 4 N–H and O–H groups in total. The SMILES string of the molecule is CC1(c2ccc3c(c2)OCCO3)NC(=O)N(Cc2nc(N)nc(Nc3ccc(F)cc3)n2)C1=O. The summed E-state index contributed by atoms with van der Waals surface area (Å²) in [6, 6.07) is 10.1. The molecule has 1 aromatic heterocycles. The number of urea groups is 1. The molecule has 174 valence electrons. The Morgan fingerprint density at radius 1 is 1.09 bits per heavy atom. The highest BCUT2D eigenvalue weighted by Crippen LogP contribution is 2.37. The minimum absolute atomic E-state index is 0.0933. The minimum Gasteiger partial charge on any atom is -0.486 e. The summed E-state index contributed by atoms with van der Waals surface area (Å²) in [6.07, 6.45) is 0. The molecule has 0 spiro atoms. The van der Waals surface area contributed by atoms with Crippen molar-refractivity contribution in [1.29, 1.82) is 0 Å². The topological polar surface area (TPSA) is 145 Å². The zero-order valence-electron chi connectivity index (χ0n) is 18.0. The molecule has 1 fully saturated rings. The largest absolute Gasteiger partial charge is 0.486 e. The number of nitrogen functional groups attached to an aromatic ring is 1. The van der Waals surface area contributed by atoms with Crippen molar-refractivity contribution >= 4 is 29.5 Å². The summed E-state index contributed by atoms with van der Waals surface area (Å²) in [7, 11) is 0. The maximum absolute atomic E-state index is 13.3. The minimum atomic E-state index is -1.32. The van der Waals surface area contributed by atoms with Crippen molar-refractivity contribution < 1.29 is 23.5 Å². The number of amides is 3. The molecule has 11 nitrogen and oxygen atoms in total. The Hall–Kier alpha value is -4.48. The number of aromatic nitrogens is 3. The Bertz CT molecular complexity index is 1290. The number of nitrogens with zero attached hydrogens (tertiary/aromatic N) is 4. The third-order valence-electron chi connectivity index (χ3n) is 5.49. The average Bonchev–Trinajstić information content (AvgIpc) is 3.04.